The zero-order valence-corrected chi connectivity index (χ0v) is 17.9. The highest BCUT2D eigenvalue weighted by Crippen LogP contribution is 2.33. The number of piperazine rings is 1. The molecule has 1 amide bonds. The topological polar surface area (TPSA) is 52.7 Å². The number of ketones is 1. The summed E-state index contributed by atoms with van der Waals surface area (Å²) >= 11 is 0. The van der Waals surface area contributed by atoms with Gasteiger partial charge in [-0.05, 0) is 48.6 Å². The molecule has 0 saturated carbocycles. The fourth-order valence-electron chi connectivity index (χ4n) is 4.91. The molecule has 1 aliphatic carbocycles. The van der Waals surface area contributed by atoms with Crippen molar-refractivity contribution in [2.75, 3.05) is 42.9 Å². The minimum Gasteiger partial charge on any atom is -0.369 e. The zero-order valence-electron chi connectivity index (χ0n) is 17.1. The number of halogens is 1. The molecular formula is C24H28ClN3O2. The second kappa shape index (κ2) is 8.78. The van der Waals surface area contributed by atoms with Gasteiger partial charge in [0.1, 0.15) is 0 Å². The van der Waals surface area contributed by atoms with E-state index in [1.54, 1.807) is 0 Å². The third-order valence-electron chi connectivity index (χ3n) is 6.60. The van der Waals surface area contributed by atoms with Gasteiger partial charge in [0.2, 0.25) is 5.91 Å². The first-order chi connectivity index (χ1) is 14.2. The van der Waals surface area contributed by atoms with Gasteiger partial charge in [0.15, 0.2) is 5.78 Å². The lowest BCUT2D eigenvalue weighted by atomic mass is 9.80. The van der Waals surface area contributed by atoms with Crippen LogP contribution in [0.15, 0.2) is 42.5 Å². The number of carbonyl (C=O) groups is 2. The number of carbonyl (C=O) groups excluding carboxylic acids is 2. The minimum atomic E-state index is 0. The molecule has 3 aliphatic rings. The Balaban J connectivity index is 0.00000218. The molecule has 2 heterocycles. The van der Waals surface area contributed by atoms with Gasteiger partial charge in [-0.2, -0.15) is 0 Å². The highest BCUT2D eigenvalue weighted by Gasteiger charge is 2.31. The maximum Gasteiger partial charge on any atom is 0.224 e. The second-order valence-corrected chi connectivity index (χ2v) is 8.44. The molecule has 1 fully saturated rings. The fourth-order valence-corrected chi connectivity index (χ4v) is 4.91. The number of amides is 1. The second-order valence-electron chi connectivity index (χ2n) is 8.44. The van der Waals surface area contributed by atoms with Crippen molar-refractivity contribution in [3.63, 3.8) is 0 Å². The highest BCUT2D eigenvalue weighted by molar-refractivity contribution is 6.03. The maximum atomic E-state index is 13.2. The lowest BCUT2D eigenvalue weighted by molar-refractivity contribution is -0.116. The van der Waals surface area contributed by atoms with E-state index >= 15 is 0 Å². The van der Waals surface area contributed by atoms with Gasteiger partial charge in [-0.3, -0.25) is 14.5 Å². The quantitative estimate of drug-likeness (QED) is 0.816. The predicted molar refractivity (Wildman–Crippen MR) is 122 cm³/mol. The van der Waals surface area contributed by atoms with E-state index in [0.29, 0.717) is 6.42 Å². The molecule has 0 spiro atoms. The summed E-state index contributed by atoms with van der Waals surface area (Å²) in [6.45, 7) is 4.82. The van der Waals surface area contributed by atoms with Crippen LogP contribution in [0, 0.1) is 5.92 Å². The molecule has 6 heteroatoms. The van der Waals surface area contributed by atoms with Crippen LogP contribution in [0.1, 0.15) is 34.3 Å². The number of hydrogen-bond donors (Lipinski definition) is 1. The van der Waals surface area contributed by atoms with Crippen molar-refractivity contribution in [1.82, 2.24) is 4.90 Å². The van der Waals surface area contributed by atoms with Crippen LogP contribution < -0.4 is 10.2 Å². The van der Waals surface area contributed by atoms with Crippen LogP contribution in [0.5, 0.6) is 0 Å². The standard InChI is InChI=1S/C24H27N3O2.ClH/c28-23-9-8-18-14-17-6-7-19(24(29)21(17)15-22(18)25-23)16-26-10-12-27(13-11-26)20-4-2-1-3-5-20;/h1-5,14-15,19H,6-13,16H2,(H,25,28);1H. The van der Waals surface area contributed by atoms with Crippen molar-refractivity contribution in [2.24, 2.45) is 5.92 Å². The molecule has 1 saturated heterocycles. The van der Waals surface area contributed by atoms with Crippen LogP contribution in [-0.4, -0.2) is 49.3 Å². The highest BCUT2D eigenvalue weighted by atomic mass is 35.5. The summed E-state index contributed by atoms with van der Waals surface area (Å²) in [7, 11) is 0. The number of aryl methyl sites for hydroxylation is 2. The average Bonchev–Trinajstić information content (AvgIpc) is 2.76. The lowest BCUT2D eigenvalue weighted by Gasteiger charge is -2.38. The van der Waals surface area contributed by atoms with Crippen molar-refractivity contribution >= 4 is 35.5 Å². The number of rotatable bonds is 3. The van der Waals surface area contributed by atoms with Crippen LogP contribution >= 0.6 is 12.4 Å². The normalized spacial score (nSPS) is 21.3. The number of anilines is 2. The van der Waals surface area contributed by atoms with Gasteiger partial charge >= 0.3 is 0 Å². The first kappa shape index (κ1) is 20.9. The molecule has 0 radical (unpaired) electrons. The van der Waals surface area contributed by atoms with Crippen LogP contribution in [0.2, 0.25) is 0 Å². The summed E-state index contributed by atoms with van der Waals surface area (Å²) < 4.78 is 0. The minimum absolute atomic E-state index is 0. The Bertz CT molecular complexity index is 939. The Hall–Kier alpha value is -2.37. The smallest absolute Gasteiger partial charge is 0.224 e. The Morgan fingerprint density at radius 2 is 1.67 bits per heavy atom. The Labute approximate surface area is 183 Å². The first-order valence-corrected chi connectivity index (χ1v) is 10.7. The summed E-state index contributed by atoms with van der Waals surface area (Å²) in [6, 6.07) is 14.6. The van der Waals surface area contributed by atoms with E-state index < -0.39 is 0 Å². The maximum absolute atomic E-state index is 13.2. The third-order valence-corrected chi connectivity index (χ3v) is 6.60. The van der Waals surface area contributed by atoms with Gasteiger partial charge in [-0.25, -0.2) is 0 Å². The molecule has 0 bridgehead atoms. The van der Waals surface area contributed by atoms with Crippen molar-refractivity contribution < 1.29 is 9.59 Å². The molecule has 2 aliphatic heterocycles. The molecule has 2 aromatic carbocycles. The number of fused-ring (bicyclic) bond motifs is 2. The van der Waals surface area contributed by atoms with Gasteiger partial charge in [0, 0.05) is 62.0 Å². The molecule has 5 nitrogen and oxygen atoms in total. The van der Waals surface area contributed by atoms with Gasteiger partial charge in [0.25, 0.3) is 0 Å². The molecule has 158 valence electrons. The van der Waals surface area contributed by atoms with E-state index in [4.69, 9.17) is 0 Å². The predicted octanol–water partition coefficient (Wildman–Crippen LogP) is 3.56. The van der Waals surface area contributed by atoms with E-state index in [2.05, 4.69) is 51.5 Å². The molecule has 0 aromatic heterocycles. The van der Waals surface area contributed by atoms with Crippen molar-refractivity contribution in [3.8, 4) is 0 Å². The molecule has 2 aromatic rings. The summed E-state index contributed by atoms with van der Waals surface area (Å²) in [5.41, 5.74) is 5.28. The Morgan fingerprint density at radius 3 is 2.43 bits per heavy atom. The number of benzene rings is 2. The van der Waals surface area contributed by atoms with E-state index in [1.165, 1.54) is 11.3 Å². The third kappa shape index (κ3) is 4.09. The summed E-state index contributed by atoms with van der Waals surface area (Å²) in [6.07, 6.45) is 3.20. The van der Waals surface area contributed by atoms with Crippen LogP contribution in [0.25, 0.3) is 0 Å². The molecular weight excluding hydrogens is 398 g/mol. The van der Waals surface area contributed by atoms with Gasteiger partial charge in [-0.15, -0.1) is 12.4 Å². The van der Waals surface area contributed by atoms with E-state index in [0.717, 1.165) is 68.8 Å². The summed E-state index contributed by atoms with van der Waals surface area (Å²) in [4.78, 5) is 29.8. The Morgan fingerprint density at radius 1 is 0.900 bits per heavy atom. The number of nitrogens with zero attached hydrogens (tertiary/aromatic N) is 2. The molecule has 1 atom stereocenters. The van der Waals surface area contributed by atoms with Crippen LogP contribution in [0.4, 0.5) is 11.4 Å². The zero-order chi connectivity index (χ0) is 19.8. The van der Waals surface area contributed by atoms with Crippen molar-refractivity contribution in [3.05, 3.63) is 59.2 Å². The van der Waals surface area contributed by atoms with Gasteiger partial charge < -0.3 is 10.2 Å². The summed E-state index contributed by atoms with van der Waals surface area (Å²) in [5, 5.41) is 2.94. The lowest BCUT2D eigenvalue weighted by Crippen LogP contribution is -2.49. The average molecular weight is 426 g/mol. The van der Waals surface area contributed by atoms with Gasteiger partial charge in [0.05, 0.1) is 0 Å². The van der Waals surface area contributed by atoms with Crippen LogP contribution in [-0.2, 0) is 17.6 Å². The number of para-hydroxylation sites is 1. The largest absolute Gasteiger partial charge is 0.369 e. The molecule has 30 heavy (non-hydrogen) atoms. The van der Waals surface area contributed by atoms with E-state index in [9.17, 15) is 9.59 Å². The van der Waals surface area contributed by atoms with Gasteiger partial charge in [-0.1, -0.05) is 24.3 Å². The molecule has 1 N–H and O–H groups in total. The van der Waals surface area contributed by atoms with E-state index in [-0.39, 0.29) is 30.0 Å². The number of Topliss-reactive ketones (excluding diaryl/α,β-unsaturated/α-hetero) is 1. The number of hydrogen-bond acceptors (Lipinski definition) is 4. The van der Waals surface area contributed by atoms with Crippen LogP contribution in [0.3, 0.4) is 0 Å². The Kier molecular flexibility index (Phi) is 6.11. The first-order valence-electron chi connectivity index (χ1n) is 10.7. The molecule has 1 unspecified atom stereocenters. The van der Waals surface area contributed by atoms with E-state index in [1.807, 2.05) is 6.07 Å². The van der Waals surface area contributed by atoms with Crippen molar-refractivity contribution in [1.29, 1.82) is 0 Å². The SMILES string of the molecule is Cl.O=C1CCc2cc3c(cc2N1)C(=O)C(CN1CCN(c2ccccc2)CC1)CC3. The molecule has 5 rings (SSSR count). The van der Waals surface area contributed by atoms with Crippen molar-refractivity contribution in [2.45, 2.75) is 25.7 Å². The fraction of sp³-hybridized carbons (Fsp3) is 0.417. The summed E-state index contributed by atoms with van der Waals surface area (Å²) in [5.74, 6) is 0.357. The number of nitrogens with one attached hydrogen (secondary N) is 1. The monoisotopic (exact) mass is 425 g/mol.